The lowest BCUT2D eigenvalue weighted by molar-refractivity contribution is 0.628. The van der Waals surface area contributed by atoms with Gasteiger partial charge >= 0.3 is 0 Å². The van der Waals surface area contributed by atoms with Crippen molar-refractivity contribution in [1.29, 1.82) is 0 Å². The average molecular weight is 251 g/mol. The Morgan fingerprint density at radius 1 is 1.29 bits per heavy atom. The average Bonchev–Trinajstić information content (AvgIpc) is 2.32. The van der Waals surface area contributed by atoms with Crippen LogP contribution in [0.1, 0.15) is 11.3 Å². The molecule has 2 N–H and O–H groups in total. The molecule has 1 heterocycles. The van der Waals surface area contributed by atoms with Crippen LogP contribution in [0.25, 0.3) is 11.3 Å². The zero-order chi connectivity index (χ0) is 12.4. The van der Waals surface area contributed by atoms with E-state index in [9.17, 15) is 4.39 Å². The summed E-state index contributed by atoms with van der Waals surface area (Å²) in [6.45, 7) is 2.28. The summed E-state index contributed by atoms with van der Waals surface area (Å²) in [5.41, 5.74) is 9.00. The number of nitrogens with two attached hydrogens (primary N) is 1. The van der Waals surface area contributed by atoms with Crippen LogP contribution in [-0.2, 0) is 6.54 Å². The summed E-state index contributed by atoms with van der Waals surface area (Å²) in [4.78, 5) is 4.42. The second-order valence-corrected chi connectivity index (χ2v) is 4.20. The molecular weight excluding hydrogens is 239 g/mol. The first-order chi connectivity index (χ1) is 8.11. The van der Waals surface area contributed by atoms with E-state index in [1.807, 2.05) is 19.1 Å². The van der Waals surface area contributed by atoms with E-state index < -0.39 is 5.82 Å². The smallest absolute Gasteiger partial charge is 0.141 e. The fourth-order valence-corrected chi connectivity index (χ4v) is 1.82. The number of hydrogen-bond acceptors (Lipinski definition) is 2. The van der Waals surface area contributed by atoms with Gasteiger partial charge in [0.25, 0.3) is 0 Å². The fraction of sp³-hybridized carbons (Fsp3) is 0.154. The van der Waals surface area contributed by atoms with Crippen molar-refractivity contribution in [1.82, 2.24) is 4.98 Å². The summed E-state index contributed by atoms with van der Waals surface area (Å²) in [7, 11) is 0. The maximum atomic E-state index is 13.1. The van der Waals surface area contributed by atoms with Crippen molar-refractivity contribution >= 4 is 11.6 Å². The minimum Gasteiger partial charge on any atom is -0.326 e. The molecule has 17 heavy (non-hydrogen) atoms. The predicted molar refractivity (Wildman–Crippen MR) is 67.3 cm³/mol. The summed E-state index contributed by atoms with van der Waals surface area (Å²) in [5.74, 6) is -0.433. The Hall–Kier alpha value is -1.45. The highest BCUT2D eigenvalue weighted by atomic mass is 35.5. The molecular formula is C13H12ClFN2. The maximum absolute atomic E-state index is 13.1. The van der Waals surface area contributed by atoms with Gasteiger partial charge < -0.3 is 5.73 Å². The van der Waals surface area contributed by atoms with Gasteiger partial charge in [-0.25, -0.2) is 4.39 Å². The number of nitrogens with zero attached hydrogens (tertiary/aromatic N) is 1. The predicted octanol–water partition coefficient (Wildman–Crippen LogP) is 3.31. The van der Waals surface area contributed by atoms with Crippen molar-refractivity contribution < 1.29 is 4.39 Å². The van der Waals surface area contributed by atoms with Gasteiger partial charge in [-0.2, -0.15) is 0 Å². The Bertz CT molecular complexity index is 555. The summed E-state index contributed by atoms with van der Waals surface area (Å²) in [6.07, 6.45) is 0. The van der Waals surface area contributed by atoms with Crippen molar-refractivity contribution in [3.63, 3.8) is 0 Å². The molecule has 2 aromatic rings. The third-order valence-electron chi connectivity index (χ3n) is 2.53. The van der Waals surface area contributed by atoms with Crippen LogP contribution in [0.4, 0.5) is 4.39 Å². The van der Waals surface area contributed by atoms with E-state index in [1.165, 1.54) is 6.07 Å². The molecule has 0 unspecified atom stereocenters. The molecule has 88 valence electrons. The Kier molecular flexibility index (Phi) is 3.41. The van der Waals surface area contributed by atoms with E-state index >= 15 is 0 Å². The molecule has 0 aliphatic heterocycles. The van der Waals surface area contributed by atoms with Crippen LogP contribution >= 0.6 is 11.6 Å². The van der Waals surface area contributed by atoms with E-state index in [2.05, 4.69) is 4.98 Å². The van der Waals surface area contributed by atoms with Crippen LogP contribution in [0.15, 0.2) is 30.3 Å². The molecule has 2 rings (SSSR count). The molecule has 0 atom stereocenters. The zero-order valence-corrected chi connectivity index (χ0v) is 10.1. The maximum Gasteiger partial charge on any atom is 0.141 e. The number of aryl methyl sites for hydroxylation is 1. The van der Waals surface area contributed by atoms with Gasteiger partial charge in [0.2, 0.25) is 0 Å². The van der Waals surface area contributed by atoms with Crippen molar-refractivity contribution in [3.8, 4) is 11.3 Å². The van der Waals surface area contributed by atoms with Crippen molar-refractivity contribution in [2.24, 2.45) is 5.73 Å². The van der Waals surface area contributed by atoms with Gasteiger partial charge in [-0.1, -0.05) is 17.7 Å². The topological polar surface area (TPSA) is 38.9 Å². The largest absolute Gasteiger partial charge is 0.326 e. The molecule has 4 heteroatoms. The first-order valence-corrected chi connectivity index (χ1v) is 5.61. The highest BCUT2D eigenvalue weighted by molar-refractivity contribution is 6.31. The van der Waals surface area contributed by atoms with Gasteiger partial charge in [-0.15, -0.1) is 0 Å². The van der Waals surface area contributed by atoms with Gasteiger partial charge in [0.15, 0.2) is 0 Å². The first-order valence-electron chi connectivity index (χ1n) is 5.24. The highest BCUT2D eigenvalue weighted by Gasteiger charge is 2.08. The molecule has 0 fully saturated rings. The Balaban J connectivity index is 2.58. The van der Waals surface area contributed by atoms with Gasteiger partial charge in [0.05, 0.1) is 10.7 Å². The molecule has 1 aromatic heterocycles. The van der Waals surface area contributed by atoms with Crippen LogP contribution in [0.2, 0.25) is 5.02 Å². The third kappa shape index (κ3) is 2.46. The Morgan fingerprint density at radius 2 is 2.06 bits per heavy atom. The lowest BCUT2D eigenvalue weighted by atomic mass is 10.1. The molecule has 0 amide bonds. The number of halogens is 2. The van der Waals surface area contributed by atoms with Crippen molar-refractivity contribution in [2.75, 3.05) is 0 Å². The van der Waals surface area contributed by atoms with E-state index in [-0.39, 0.29) is 5.02 Å². The van der Waals surface area contributed by atoms with Crippen molar-refractivity contribution in [2.45, 2.75) is 13.5 Å². The minimum atomic E-state index is -0.433. The van der Waals surface area contributed by atoms with Gasteiger partial charge in [0, 0.05) is 17.8 Å². The van der Waals surface area contributed by atoms with Crippen LogP contribution in [0.5, 0.6) is 0 Å². The number of pyridine rings is 1. The molecule has 1 aromatic carbocycles. The van der Waals surface area contributed by atoms with Crippen LogP contribution < -0.4 is 5.73 Å². The quantitative estimate of drug-likeness (QED) is 0.888. The Labute approximate surface area is 104 Å². The van der Waals surface area contributed by atoms with Crippen LogP contribution in [-0.4, -0.2) is 4.98 Å². The summed E-state index contributed by atoms with van der Waals surface area (Å²) in [5, 5.41) is 0.0915. The molecule has 0 aliphatic carbocycles. The monoisotopic (exact) mass is 250 g/mol. The molecule has 0 aliphatic rings. The molecule has 0 radical (unpaired) electrons. The van der Waals surface area contributed by atoms with Crippen molar-refractivity contribution in [3.05, 3.63) is 52.4 Å². The van der Waals surface area contributed by atoms with Crippen LogP contribution in [0, 0.1) is 12.7 Å². The number of rotatable bonds is 2. The Morgan fingerprint density at radius 3 is 2.71 bits per heavy atom. The van der Waals surface area contributed by atoms with E-state index in [4.69, 9.17) is 17.3 Å². The molecule has 0 spiro atoms. The van der Waals surface area contributed by atoms with E-state index in [0.717, 1.165) is 22.5 Å². The summed E-state index contributed by atoms with van der Waals surface area (Å²) < 4.78 is 13.1. The molecule has 2 nitrogen and oxygen atoms in total. The fourth-order valence-electron chi connectivity index (χ4n) is 1.64. The molecule has 0 saturated heterocycles. The molecule has 0 bridgehead atoms. The minimum absolute atomic E-state index is 0.0915. The zero-order valence-electron chi connectivity index (χ0n) is 9.37. The summed E-state index contributed by atoms with van der Waals surface area (Å²) >= 11 is 5.77. The van der Waals surface area contributed by atoms with Gasteiger partial charge in [0.1, 0.15) is 5.82 Å². The number of aromatic nitrogens is 1. The second kappa shape index (κ2) is 4.82. The van der Waals surface area contributed by atoms with Gasteiger partial charge in [-0.05, 0) is 36.8 Å². The van der Waals surface area contributed by atoms with E-state index in [1.54, 1.807) is 12.1 Å². The van der Waals surface area contributed by atoms with Gasteiger partial charge in [-0.3, -0.25) is 4.98 Å². The number of benzene rings is 1. The lowest BCUT2D eigenvalue weighted by Crippen LogP contribution is -2.01. The first kappa shape index (κ1) is 12.0. The standard InChI is InChI=1S/C13H12ClFN2/c1-8-2-3-10(7-16)13(17-8)9-4-5-12(15)11(14)6-9/h2-6H,7,16H2,1H3. The second-order valence-electron chi connectivity index (χ2n) is 3.79. The normalized spacial score (nSPS) is 10.6. The number of hydrogen-bond donors (Lipinski definition) is 1. The molecule has 0 saturated carbocycles. The lowest BCUT2D eigenvalue weighted by Gasteiger charge is -2.08. The highest BCUT2D eigenvalue weighted by Crippen LogP contribution is 2.26. The SMILES string of the molecule is Cc1ccc(CN)c(-c2ccc(F)c(Cl)c2)n1. The van der Waals surface area contributed by atoms with Crippen LogP contribution in [0.3, 0.4) is 0 Å². The van der Waals surface area contributed by atoms with E-state index in [0.29, 0.717) is 6.54 Å². The third-order valence-corrected chi connectivity index (χ3v) is 2.82. The summed E-state index contributed by atoms with van der Waals surface area (Å²) in [6, 6.07) is 8.38.